The molecule has 1 heterocycles. The minimum Gasteiger partial charge on any atom is -0.369 e. The summed E-state index contributed by atoms with van der Waals surface area (Å²) >= 11 is 0. The Morgan fingerprint density at radius 1 is 1.35 bits per heavy atom. The molecule has 1 amide bonds. The molecule has 0 fully saturated rings. The Morgan fingerprint density at radius 3 is 2.47 bits per heavy atom. The molecule has 1 aromatic rings. The van der Waals surface area contributed by atoms with E-state index in [1.54, 1.807) is 0 Å². The molecule has 5 heteroatoms. The molecule has 17 heavy (non-hydrogen) atoms. The first kappa shape index (κ1) is 13.7. The fourth-order valence-electron chi connectivity index (χ4n) is 1.75. The van der Waals surface area contributed by atoms with E-state index in [0.717, 1.165) is 24.2 Å². The topological polar surface area (TPSA) is 73.8 Å². The van der Waals surface area contributed by atoms with Crippen LogP contribution in [0.25, 0.3) is 0 Å². The second-order valence-electron chi connectivity index (χ2n) is 5.10. The Morgan fingerprint density at radius 2 is 2.00 bits per heavy atom. The van der Waals surface area contributed by atoms with E-state index < -0.39 is 0 Å². The predicted molar refractivity (Wildman–Crippen MR) is 66.5 cm³/mol. The van der Waals surface area contributed by atoms with E-state index >= 15 is 0 Å². The summed E-state index contributed by atoms with van der Waals surface area (Å²) in [5.74, 6) is 0.263. The van der Waals surface area contributed by atoms with Gasteiger partial charge in [-0.1, -0.05) is 19.1 Å². The summed E-state index contributed by atoms with van der Waals surface area (Å²) in [6, 6.07) is 0.256. The van der Waals surface area contributed by atoms with E-state index in [1.807, 2.05) is 4.68 Å². The lowest BCUT2D eigenvalue weighted by molar-refractivity contribution is -0.117. The molecular weight excluding hydrogens is 216 g/mol. The highest BCUT2D eigenvalue weighted by atomic mass is 16.1. The fourth-order valence-corrected chi connectivity index (χ4v) is 1.75. The van der Waals surface area contributed by atoms with E-state index in [-0.39, 0.29) is 18.4 Å². The van der Waals surface area contributed by atoms with Crippen molar-refractivity contribution in [1.29, 1.82) is 0 Å². The smallest absolute Gasteiger partial charge is 0.223 e. The highest BCUT2D eigenvalue weighted by molar-refractivity contribution is 5.76. The third-order valence-electron chi connectivity index (χ3n) is 2.66. The highest BCUT2D eigenvalue weighted by Gasteiger charge is 2.16. The van der Waals surface area contributed by atoms with Gasteiger partial charge in [0.05, 0.1) is 17.8 Å². The van der Waals surface area contributed by atoms with Gasteiger partial charge in [-0.05, 0) is 32.6 Å². The first-order chi connectivity index (χ1) is 7.91. The molecule has 0 saturated carbocycles. The maximum Gasteiger partial charge on any atom is 0.223 e. The monoisotopic (exact) mass is 238 g/mol. The lowest BCUT2D eigenvalue weighted by Gasteiger charge is -2.11. The van der Waals surface area contributed by atoms with Crippen LogP contribution in [0.3, 0.4) is 0 Å². The molecule has 0 bridgehead atoms. The van der Waals surface area contributed by atoms with Gasteiger partial charge in [0.15, 0.2) is 0 Å². The Labute approximate surface area is 102 Å². The second-order valence-corrected chi connectivity index (χ2v) is 5.10. The Kier molecular flexibility index (Phi) is 4.66. The SMILES string of the molecule is CC(C)CCc1c(CC(N)=O)nnn1C(C)C. The van der Waals surface area contributed by atoms with Crippen LogP contribution in [0.5, 0.6) is 0 Å². The van der Waals surface area contributed by atoms with Crippen molar-refractivity contribution in [2.45, 2.75) is 53.0 Å². The van der Waals surface area contributed by atoms with E-state index in [0.29, 0.717) is 5.92 Å². The van der Waals surface area contributed by atoms with Crippen LogP contribution >= 0.6 is 0 Å². The van der Waals surface area contributed by atoms with E-state index in [9.17, 15) is 4.79 Å². The number of rotatable bonds is 6. The maximum absolute atomic E-state index is 11.0. The van der Waals surface area contributed by atoms with Crippen molar-refractivity contribution in [3.63, 3.8) is 0 Å². The van der Waals surface area contributed by atoms with Crippen molar-refractivity contribution >= 4 is 5.91 Å². The summed E-state index contributed by atoms with van der Waals surface area (Å²) in [6.07, 6.45) is 2.14. The fraction of sp³-hybridized carbons (Fsp3) is 0.750. The number of nitrogens with zero attached hydrogens (tertiary/aromatic N) is 3. The predicted octanol–water partition coefficient (Wildman–Crippen LogP) is 1.48. The van der Waals surface area contributed by atoms with Gasteiger partial charge in [0.1, 0.15) is 0 Å². The highest BCUT2D eigenvalue weighted by Crippen LogP contribution is 2.16. The first-order valence-corrected chi connectivity index (χ1v) is 6.13. The molecule has 0 atom stereocenters. The standard InChI is InChI=1S/C12H22N4O/c1-8(2)5-6-11-10(7-12(13)17)14-15-16(11)9(3)4/h8-9H,5-7H2,1-4H3,(H2,13,17). The van der Waals surface area contributed by atoms with Gasteiger partial charge in [-0.25, -0.2) is 4.68 Å². The van der Waals surface area contributed by atoms with Crippen molar-refractivity contribution in [3.05, 3.63) is 11.4 Å². The van der Waals surface area contributed by atoms with E-state index in [4.69, 9.17) is 5.73 Å². The van der Waals surface area contributed by atoms with Crippen LogP contribution in [0.4, 0.5) is 0 Å². The van der Waals surface area contributed by atoms with Gasteiger partial charge in [-0.15, -0.1) is 5.10 Å². The Balaban J connectivity index is 2.93. The molecule has 0 aromatic carbocycles. The van der Waals surface area contributed by atoms with Crippen molar-refractivity contribution in [2.75, 3.05) is 0 Å². The molecule has 1 aromatic heterocycles. The molecule has 0 aliphatic rings. The number of nitrogens with two attached hydrogens (primary N) is 1. The molecule has 0 aliphatic heterocycles. The quantitative estimate of drug-likeness (QED) is 0.815. The van der Waals surface area contributed by atoms with Crippen LogP contribution in [0.15, 0.2) is 0 Å². The van der Waals surface area contributed by atoms with Gasteiger partial charge in [0, 0.05) is 6.04 Å². The minimum atomic E-state index is -0.355. The summed E-state index contributed by atoms with van der Waals surface area (Å²) in [5.41, 5.74) is 7.00. The zero-order valence-corrected chi connectivity index (χ0v) is 11.1. The van der Waals surface area contributed by atoms with Crippen LogP contribution in [-0.4, -0.2) is 20.9 Å². The molecule has 0 saturated heterocycles. The number of carbonyl (C=O) groups excluding carboxylic acids is 1. The van der Waals surface area contributed by atoms with Gasteiger partial charge < -0.3 is 5.73 Å². The number of amides is 1. The summed E-state index contributed by atoms with van der Waals surface area (Å²) in [5, 5.41) is 8.17. The molecule has 0 aliphatic carbocycles. The molecule has 0 unspecified atom stereocenters. The van der Waals surface area contributed by atoms with Crippen LogP contribution in [-0.2, 0) is 17.6 Å². The molecule has 5 nitrogen and oxygen atoms in total. The van der Waals surface area contributed by atoms with Crippen LogP contribution in [0, 0.1) is 5.92 Å². The molecule has 0 radical (unpaired) electrons. The summed E-state index contributed by atoms with van der Waals surface area (Å²) in [7, 11) is 0. The van der Waals surface area contributed by atoms with E-state index in [1.165, 1.54) is 0 Å². The van der Waals surface area contributed by atoms with E-state index in [2.05, 4.69) is 38.0 Å². The lowest BCUT2D eigenvalue weighted by Crippen LogP contribution is -2.16. The third kappa shape index (κ3) is 3.84. The van der Waals surface area contributed by atoms with Crippen molar-refractivity contribution in [1.82, 2.24) is 15.0 Å². The number of aromatic nitrogens is 3. The van der Waals surface area contributed by atoms with Gasteiger partial charge in [0.2, 0.25) is 5.91 Å². The van der Waals surface area contributed by atoms with Gasteiger partial charge >= 0.3 is 0 Å². The lowest BCUT2D eigenvalue weighted by atomic mass is 10.0. The van der Waals surface area contributed by atoms with Crippen LogP contribution in [0.1, 0.15) is 51.5 Å². The van der Waals surface area contributed by atoms with Crippen LogP contribution < -0.4 is 5.73 Å². The Bertz CT molecular complexity index is 382. The molecule has 2 N–H and O–H groups in total. The average Bonchev–Trinajstić information content (AvgIpc) is 2.57. The second kappa shape index (κ2) is 5.80. The summed E-state index contributed by atoms with van der Waals surface area (Å²) in [4.78, 5) is 11.0. The van der Waals surface area contributed by atoms with Gasteiger partial charge in [-0.2, -0.15) is 0 Å². The maximum atomic E-state index is 11.0. The summed E-state index contributed by atoms with van der Waals surface area (Å²) in [6.45, 7) is 8.47. The molecule has 0 spiro atoms. The third-order valence-corrected chi connectivity index (χ3v) is 2.66. The average molecular weight is 238 g/mol. The van der Waals surface area contributed by atoms with Gasteiger partial charge in [0.25, 0.3) is 0 Å². The number of primary amides is 1. The van der Waals surface area contributed by atoms with Crippen molar-refractivity contribution in [3.8, 4) is 0 Å². The zero-order chi connectivity index (χ0) is 13.0. The number of hydrogen-bond acceptors (Lipinski definition) is 3. The first-order valence-electron chi connectivity index (χ1n) is 6.13. The van der Waals surface area contributed by atoms with Crippen LogP contribution in [0.2, 0.25) is 0 Å². The van der Waals surface area contributed by atoms with Gasteiger partial charge in [-0.3, -0.25) is 4.79 Å². The molecule has 1 rings (SSSR count). The van der Waals surface area contributed by atoms with Crippen molar-refractivity contribution < 1.29 is 4.79 Å². The molecular formula is C12H22N4O. The van der Waals surface area contributed by atoms with Crippen molar-refractivity contribution in [2.24, 2.45) is 11.7 Å². The molecule has 96 valence electrons. The normalized spacial score (nSPS) is 11.4. The Hall–Kier alpha value is -1.39. The minimum absolute atomic E-state index is 0.181. The summed E-state index contributed by atoms with van der Waals surface area (Å²) < 4.78 is 1.89. The number of carbonyl (C=O) groups is 1. The number of hydrogen-bond donors (Lipinski definition) is 1. The zero-order valence-electron chi connectivity index (χ0n) is 11.1. The largest absolute Gasteiger partial charge is 0.369 e.